The summed E-state index contributed by atoms with van der Waals surface area (Å²) in [7, 11) is 0. The van der Waals surface area contributed by atoms with Crippen LogP contribution in [0.5, 0.6) is 0 Å². The van der Waals surface area contributed by atoms with Crippen LogP contribution in [0.2, 0.25) is 0 Å². The van der Waals surface area contributed by atoms with Crippen LogP contribution in [0, 0.1) is 0 Å². The fraction of sp³-hybridized carbons (Fsp3) is 0.263. The Morgan fingerprint density at radius 2 is 1.48 bits per heavy atom. The van der Waals surface area contributed by atoms with Gasteiger partial charge in [-0.3, -0.25) is 9.59 Å². The standard InChI is InChI=1S/C19H20N2O2/c22-17-11-13-21(14-12-20-17)19(23)18(15-7-3-1-4-8-15)16-9-5-2-6-10-16/h1-10,18H,11-14H2,(H,20,22). The van der Waals surface area contributed by atoms with Crippen molar-refractivity contribution in [2.75, 3.05) is 19.6 Å². The average Bonchev–Trinajstić information content (AvgIpc) is 2.82. The maximum Gasteiger partial charge on any atom is 0.234 e. The van der Waals surface area contributed by atoms with Crippen molar-refractivity contribution in [3.63, 3.8) is 0 Å². The third-order valence-corrected chi connectivity index (χ3v) is 4.14. The van der Waals surface area contributed by atoms with Crippen molar-refractivity contribution in [1.29, 1.82) is 0 Å². The van der Waals surface area contributed by atoms with Gasteiger partial charge in [0.25, 0.3) is 0 Å². The Morgan fingerprint density at radius 3 is 2.04 bits per heavy atom. The zero-order chi connectivity index (χ0) is 16.1. The van der Waals surface area contributed by atoms with Crippen molar-refractivity contribution in [3.05, 3.63) is 71.8 Å². The molecule has 2 aromatic rings. The van der Waals surface area contributed by atoms with E-state index in [4.69, 9.17) is 0 Å². The lowest BCUT2D eigenvalue weighted by atomic mass is 9.90. The van der Waals surface area contributed by atoms with E-state index < -0.39 is 0 Å². The van der Waals surface area contributed by atoms with Gasteiger partial charge in [-0.05, 0) is 11.1 Å². The molecule has 1 heterocycles. The Morgan fingerprint density at radius 1 is 0.913 bits per heavy atom. The minimum atomic E-state index is -0.328. The molecule has 2 amide bonds. The topological polar surface area (TPSA) is 49.4 Å². The van der Waals surface area contributed by atoms with Gasteiger partial charge in [0.1, 0.15) is 0 Å². The molecule has 0 radical (unpaired) electrons. The van der Waals surface area contributed by atoms with Crippen LogP contribution in [0.4, 0.5) is 0 Å². The molecule has 0 saturated carbocycles. The summed E-state index contributed by atoms with van der Waals surface area (Å²) in [5.41, 5.74) is 1.96. The highest BCUT2D eigenvalue weighted by molar-refractivity contribution is 5.88. The van der Waals surface area contributed by atoms with Crippen LogP contribution in [0.15, 0.2) is 60.7 Å². The predicted octanol–water partition coefficient (Wildman–Crippen LogP) is 2.17. The summed E-state index contributed by atoms with van der Waals surface area (Å²) < 4.78 is 0. The number of nitrogens with one attached hydrogen (secondary N) is 1. The zero-order valence-electron chi connectivity index (χ0n) is 12.9. The SMILES string of the molecule is O=C1CCN(C(=O)C(c2ccccc2)c2ccccc2)CCN1. The number of carbonyl (C=O) groups is 2. The smallest absolute Gasteiger partial charge is 0.234 e. The van der Waals surface area contributed by atoms with Crippen molar-refractivity contribution in [2.45, 2.75) is 12.3 Å². The van der Waals surface area contributed by atoms with E-state index in [1.54, 1.807) is 4.90 Å². The van der Waals surface area contributed by atoms with Crippen LogP contribution in [0.25, 0.3) is 0 Å². The van der Waals surface area contributed by atoms with Crippen molar-refractivity contribution in [2.24, 2.45) is 0 Å². The monoisotopic (exact) mass is 308 g/mol. The van der Waals surface area contributed by atoms with Gasteiger partial charge < -0.3 is 10.2 Å². The van der Waals surface area contributed by atoms with E-state index in [0.717, 1.165) is 11.1 Å². The second kappa shape index (κ2) is 7.09. The Balaban J connectivity index is 1.92. The molecule has 2 aromatic carbocycles. The molecular formula is C19H20N2O2. The summed E-state index contributed by atoms with van der Waals surface area (Å²) in [5, 5.41) is 2.82. The van der Waals surface area contributed by atoms with E-state index in [2.05, 4.69) is 5.32 Å². The Hall–Kier alpha value is -2.62. The maximum atomic E-state index is 13.1. The largest absolute Gasteiger partial charge is 0.354 e. The van der Waals surface area contributed by atoms with Gasteiger partial charge in [0.15, 0.2) is 0 Å². The third kappa shape index (κ3) is 3.59. The molecule has 3 rings (SSSR count). The van der Waals surface area contributed by atoms with Gasteiger partial charge in [-0.1, -0.05) is 60.7 Å². The van der Waals surface area contributed by atoms with Crippen LogP contribution in [-0.2, 0) is 9.59 Å². The molecule has 0 aliphatic carbocycles. The van der Waals surface area contributed by atoms with E-state index in [9.17, 15) is 9.59 Å². The summed E-state index contributed by atoms with van der Waals surface area (Å²) in [4.78, 5) is 26.5. The normalized spacial score (nSPS) is 15.2. The van der Waals surface area contributed by atoms with Crippen LogP contribution < -0.4 is 5.32 Å². The first-order valence-corrected chi connectivity index (χ1v) is 7.91. The highest BCUT2D eigenvalue weighted by atomic mass is 16.2. The summed E-state index contributed by atoms with van der Waals surface area (Å²) >= 11 is 0. The number of nitrogens with zero attached hydrogens (tertiary/aromatic N) is 1. The molecule has 118 valence electrons. The number of rotatable bonds is 3. The first-order valence-electron chi connectivity index (χ1n) is 7.91. The minimum absolute atomic E-state index is 0.0104. The Kier molecular flexibility index (Phi) is 4.71. The van der Waals surface area contributed by atoms with E-state index >= 15 is 0 Å². The van der Waals surface area contributed by atoms with Crippen LogP contribution in [-0.4, -0.2) is 36.3 Å². The first kappa shape index (κ1) is 15.3. The zero-order valence-corrected chi connectivity index (χ0v) is 12.9. The van der Waals surface area contributed by atoms with Crippen molar-refractivity contribution >= 4 is 11.8 Å². The van der Waals surface area contributed by atoms with Crippen molar-refractivity contribution < 1.29 is 9.59 Å². The highest BCUT2D eigenvalue weighted by Gasteiger charge is 2.28. The van der Waals surface area contributed by atoms with Gasteiger partial charge in [-0.2, -0.15) is 0 Å². The molecule has 0 unspecified atom stereocenters. The molecule has 1 N–H and O–H groups in total. The number of carbonyl (C=O) groups excluding carboxylic acids is 2. The quantitative estimate of drug-likeness (QED) is 0.945. The number of benzene rings is 2. The summed E-state index contributed by atoms with van der Waals surface area (Å²) in [6, 6.07) is 19.6. The van der Waals surface area contributed by atoms with Crippen LogP contribution >= 0.6 is 0 Å². The summed E-state index contributed by atoms with van der Waals surface area (Å²) in [6.45, 7) is 1.54. The molecule has 0 aromatic heterocycles. The molecule has 1 aliphatic heterocycles. The lowest BCUT2D eigenvalue weighted by Crippen LogP contribution is -2.38. The predicted molar refractivity (Wildman–Crippen MR) is 88.9 cm³/mol. The van der Waals surface area contributed by atoms with Crippen LogP contribution in [0.1, 0.15) is 23.5 Å². The van der Waals surface area contributed by atoms with Gasteiger partial charge in [-0.15, -0.1) is 0 Å². The van der Waals surface area contributed by atoms with Gasteiger partial charge >= 0.3 is 0 Å². The maximum absolute atomic E-state index is 13.1. The van der Waals surface area contributed by atoms with Crippen molar-refractivity contribution in [3.8, 4) is 0 Å². The Bertz CT molecular complexity index is 631. The van der Waals surface area contributed by atoms with Gasteiger partial charge in [0, 0.05) is 26.1 Å². The van der Waals surface area contributed by atoms with E-state index in [1.165, 1.54) is 0 Å². The van der Waals surface area contributed by atoms with E-state index in [1.807, 2.05) is 60.7 Å². The fourth-order valence-corrected chi connectivity index (χ4v) is 2.94. The van der Waals surface area contributed by atoms with Gasteiger partial charge in [0.2, 0.25) is 11.8 Å². The van der Waals surface area contributed by atoms with Crippen LogP contribution in [0.3, 0.4) is 0 Å². The number of hydrogen-bond donors (Lipinski definition) is 1. The summed E-state index contributed by atoms with van der Waals surface area (Å²) in [5.74, 6) is -0.263. The second-order valence-electron chi connectivity index (χ2n) is 5.68. The van der Waals surface area contributed by atoms with Gasteiger partial charge in [-0.25, -0.2) is 0 Å². The summed E-state index contributed by atoms with van der Waals surface area (Å²) in [6.07, 6.45) is 0.363. The molecule has 4 heteroatoms. The molecule has 1 aliphatic rings. The molecule has 0 bridgehead atoms. The lowest BCUT2D eigenvalue weighted by molar-refractivity contribution is -0.131. The number of hydrogen-bond acceptors (Lipinski definition) is 2. The number of amides is 2. The Labute approximate surface area is 136 Å². The second-order valence-corrected chi connectivity index (χ2v) is 5.68. The third-order valence-electron chi connectivity index (χ3n) is 4.14. The lowest BCUT2D eigenvalue weighted by Gasteiger charge is -2.26. The molecule has 4 nitrogen and oxygen atoms in total. The minimum Gasteiger partial charge on any atom is -0.354 e. The van der Waals surface area contributed by atoms with Gasteiger partial charge in [0.05, 0.1) is 5.92 Å². The first-order chi connectivity index (χ1) is 11.3. The molecule has 1 fully saturated rings. The van der Waals surface area contributed by atoms with E-state index in [-0.39, 0.29) is 17.7 Å². The molecule has 1 saturated heterocycles. The molecule has 0 spiro atoms. The molecular weight excluding hydrogens is 288 g/mol. The molecule has 0 atom stereocenters. The molecule has 23 heavy (non-hydrogen) atoms. The van der Waals surface area contributed by atoms with E-state index in [0.29, 0.717) is 26.1 Å². The highest BCUT2D eigenvalue weighted by Crippen LogP contribution is 2.27. The fourth-order valence-electron chi connectivity index (χ4n) is 2.94. The van der Waals surface area contributed by atoms with Crippen molar-refractivity contribution in [1.82, 2.24) is 10.2 Å². The average molecular weight is 308 g/mol.